The van der Waals surface area contributed by atoms with Crippen LogP contribution in [-0.4, -0.2) is 123 Å². The molecule has 152 valence electrons. The van der Waals surface area contributed by atoms with Gasteiger partial charge in [-0.1, -0.05) is 0 Å². The van der Waals surface area contributed by atoms with E-state index < -0.39 is 12.2 Å². The highest BCUT2D eigenvalue weighted by atomic mass is 16.5. The lowest BCUT2D eigenvalue weighted by Crippen LogP contribution is -2.58. The SMILES string of the molecule is C[N+](C)(C)NC(CCO)C(O)COCC(O)C(CCO)N[N+](C)(C)C. The summed E-state index contributed by atoms with van der Waals surface area (Å²) in [6.07, 6.45) is -0.809. The first-order valence-electron chi connectivity index (χ1n) is 8.73. The zero-order valence-corrected chi connectivity index (χ0v) is 16.6. The van der Waals surface area contributed by atoms with E-state index in [-0.39, 0.29) is 38.5 Å². The number of aliphatic hydroxyl groups excluding tert-OH is 4. The van der Waals surface area contributed by atoms with Gasteiger partial charge in [0.15, 0.2) is 0 Å². The van der Waals surface area contributed by atoms with E-state index in [4.69, 9.17) is 14.9 Å². The number of hydrogen-bond acceptors (Lipinski definition) is 7. The molecule has 9 nitrogen and oxygen atoms in total. The highest BCUT2D eigenvalue weighted by Crippen LogP contribution is 2.06. The van der Waals surface area contributed by atoms with E-state index in [9.17, 15) is 10.2 Å². The zero-order chi connectivity index (χ0) is 19.7. The molecule has 0 aliphatic heterocycles. The molecule has 9 heteroatoms. The Labute approximate surface area is 151 Å². The monoisotopic (exact) mass is 368 g/mol. The van der Waals surface area contributed by atoms with Crippen LogP contribution in [0.2, 0.25) is 0 Å². The molecule has 0 fully saturated rings. The molecule has 4 atom stereocenters. The molecule has 6 N–H and O–H groups in total. The summed E-state index contributed by atoms with van der Waals surface area (Å²) < 4.78 is 6.37. The normalized spacial score (nSPS) is 18.0. The van der Waals surface area contributed by atoms with E-state index in [1.54, 1.807) is 0 Å². The van der Waals surface area contributed by atoms with Crippen molar-refractivity contribution in [3.05, 3.63) is 0 Å². The van der Waals surface area contributed by atoms with Crippen molar-refractivity contribution in [2.75, 3.05) is 68.7 Å². The van der Waals surface area contributed by atoms with Crippen molar-refractivity contribution < 1.29 is 34.3 Å². The van der Waals surface area contributed by atoms with Crippen LogP contribution in [0.1, 0.15) is 12.8 Å². The number of ether oxygens (including phenoxy) is 1. The van der Waals surface area contributed by atoms with Crippen molar-refractivity contribution in [3.63, 3.8) is 0 Å². The molecule has 0 spiro atoms. The molecule has 0 aliphatic carbocycles. The summed E-state index contributed by atoms with van der Waals surface area (Å²) in [5.41, 5.74) is 6.41. The fourth-order valence-electron chi connectivity index (χ4n) is 2.50. The lowest BCUT2D eigenvalue weighted by molar-refractivity contribution is -0.919. The molecule has 0 radical (unpaired) electrons. The summed E-state index contributed by atoms with van der Waals surface area (Å²) in [6, 6.07) is -0.639. The van der Waals surface area contributed by atoms with Gasteiger partial charge in [0.2, 0.25) is 0 Å². The van der Waals surface area contributed by atoms with Crippen molar-refractivity contribution in [2.45, 2.75) is 37.1 Å². The first-order valence-corrected chi connectivity index (χ1v) is 8.73. The Morgan fingerprint density at radius 1 is 0.720 bits per heavy atom. The van der Waals surface area contributed by atoms with Gasteiger partial charge in [-0.25, -0.2) is 0 Å². The summed E-state index contributed by atoms with van der Waals surface area (Å²) in [6.45, 7) is 0.0165. The molecular formula is C16H40N4O5+2. The minimum atomic E-state index is -0.806. The van der Waals surface area contributed by atoms with E-state index in [1.807, 2.05) is 42.3 Å². The average Bonchev–Trinajstić information content (AvgIpc) is 2.43. The topological polar surface area (TPSA) is 114 Å². The molecule has 0 bridgehead atoms. The van der Waals surface area contributed by atoms with Crippen molar-refractivity contribution in [3.8, 4) is 0 Å². The quantitative estimate of drug-likeness (QED) is 0.150. The molecule has 0 aromatic carbocycles. The Hall–Kier alpha value is -0.360. The maximum absolute atomic E-state index is 10.3. The van der Waals surface area contributed by atoms with Gasteiger partial charge in [0, 0.05) is 13.2 Å². The zero-order valence-electron chi connectivity index (χ0n) is 16.6. The first-order chi connectivity index (χ1) is 11.4. The van der Waals surface area contributed by atoms with Gasteiger partial charge in [-0.2, -0.15) is 10.9 Å². The highest BCUT2D eigenvalue weighted by molar-refractivity contribution is 4.75. The predicted molar refractivity (Wildman–Crippen MR) is 96.2 cm³/mol. The van der Waals surface area contributed by atoms with Gasteiger partial charge in [-0.3, -0.25) is 9.18 Å². The van der Waals surface area contributed by atoms with Crippen LogP contribution in [0.25, 0.3) is 0 Å². The summed E-state index contributed by atoms with van der Waals surface area (Å²) in [7, 11) is 11.6. The number of nitrogens with one attached hydrogen (secondary N) is 2. The molecule has 0 amide bonds. The van der Waals surface area contributed by atoms with Crippen LogP contribution >= 0.6 is 0 Å². The lowest BCUT2D eigenvalue weighted by atomic mass is 10.1. The third-order valence-electron chi connectivity index (χ3n) is 3.49. The molecule has 0 saturated carbocycles. The van der Waals surface area contributed by atoms with E-state index in [2.05, 4.69) is 10.9 Å². The number of quaternary nitrogens is 2. The van der Waals surface area contributed by atoms with Crippen LogP contribution in [0, 0.1) is 0 Å². The molecule has 0 heterocycles. The second-order valence-corrected chi connectivity index (χ2v) is 8.19. The average molecular weight is 369 g/mol. The second kappa shape index (κ2) is 11.4. The van der Waals surface area contributed by atoms with Gasteiger partial charge in [0.1, 0.15) is 0 Å². The minimum Gasteiger partial charge on any atom is -0.396 e. The number of aliphatic hydroxyl groups is 4. The smallest absolute Gasteiger partial charge is 0.0977 e. The summed E-state index contributed by atoms with van der Waals surface area (Å²) >= 11 is 0. The van der Waals surface area contributed by atoms with Crippen LogP contribution in [0.15, 0.2) is 0 Å². The molecule has 0 saturated heterocycles. The van der Waals surface area contributed by atoms with Crippen molar-refractivity contribution >= 4 is 0 Å². The minimum absolute atomic E-state index is 0.0383. The number of hydrogen-bond donors (Lipinski definition) is 6. The summed E-state index contributed by atoms with van der Waals surface area (Å²) in [4.78, 5) is 0. The molecular weight excluding hydrogens is 328 g/mol. The Morgan fingerprint density at radius 3 is 1.28 bits per heavy atom. The molecule has 25 heavy (non-hydrogen) atoms. The Bertz CT molecular complexity index is 314. The van der Waals surface area contributed by atoms with Crippen molar-refractivity contribution in [1.82, 2.24) is 10.9 Å². The Morgan fingerprint density at radius 2 is 1.04 bits per heavy atom. The maximum atomic E-state index is 10.3. The summed E-state index contributed by atoms with van der Waals surface area (Å²) in [5, 5.41) is 38.9. The van der Waals surface area contributed by atoms with Crippen molar-refractivity contribution in [2.24, 2.45) is 0 Å². The standard InChI is InChI=1S/C16H40N4O5/c1-19(2,3)17-13(7-9-21)15(23)11-25-12-16(24)14(8-10-22)18-20(4,5)6/h13-18,21-24H,7-12H2,1-6H3/q+2. The van der Waals surface area contributed by atoms with E-state index in [0.717, 1.165) is 0 Å². The highest BCUT2D eigenvalue weighted by Gasteiger charge is 2.27. The molecule has 0 aromatic rings. The third-order valence-corrected chi connectivity index (χ3v) is 3.49. The van der Waals surface area contributed by atoms with Gasteiger partial charge in [-0.15, -0.1) is 0 Å². The van der Waals surface area contributed by atoms with Gasteiger partial charge in [0.25, 0.3) is 0 Å². The predicted octanol–water partition coefficient (Wildman–Crippen LogP) is -2.35. The van der Waals surface area contributed by atoms with Crippen LogP contribution in [-0.2, 0) is 4.74 Å². The first kappa shape index (κ1) is 24.6. The number of rotatable bonds is 14. The van der Waals surface area contributed by atoms with Crippen LogP contribution in [0.5, 0.6) is 0 Å². The van der Waals surface area contributed by atoms with Crippen LogP contribution in [0.3, 0.4) is 0 Å². The molecule has 0 aromatic heterocycles. The lowest BCUT2D eigenvalue weighted by Gasteiger charge is -2.33. The van der Waals surface area contributed by atoms with Crippen molar-refractivity contribution in [1.29, 1.82) is 0 Å². The fraction of sp³-hybridized carbons (Fsp3) is 1.00. The van der Waals surface area contributed by atoms with Gasteiger partial charge in [0.05, 0.1) is 79.8 Å². The van der Waals surface area contributed by atoms with E-state index in [1.165, 1.54) is 0 Å². The van der Waals surface area contributed by atoms with E-state index >= 15 is 0 Å². The Balaban J connectivity index is 4.47. The van der Waals surface area contributed by atoms with Crippen LogP contribution in [0.4, 0.5) is 0 Å². The molecule has 0 aliphatic rings. The van der Waals surface area contributed by atoms with E-state index in [0.29, 0.717) is 22.0 Å². The Kier molecular flexibility index (Phi) is 11.2. The largest absolute Gasteiger partial charge is 0.396 e. The van der Waals surface area contributed by atoms with Crippen LogP contribution < -0.4 is 10.9 Å². The molecule has 4 unspecified atom stereocenters. The fourth-order valence-corrected chi connectivity index (χ4v) is 2.50. The second-order valence-electron chi connectivity index (χ2n) is 8.19. The third kappa shape index (κ3) is 12.6. The van der Waals surface area contributed by atoms with Gasteiger partial charge in [-0.05, 0) is 12.8 Å². The summed E-state index contributed by atoms with van der Waals surface area (Å²) in [5.74, 6) is 0. The maximum Gasteiger partial charge on any atom is 0.0977 e. The van der Waals surface area contributed by atoms with Gasteiger partial charge < -0.3 is 25.2 Å². The van der Waals surface area contributed by atoms with Gasteiger partial charge >= 0.3 is 0 Å². The number of nitrogens with zero attached hydrogens (tertiary/aromatic N) is 2. The molecule has 0 rings (SSSR count).